The predicted octanol–water partition coefficient (Wildman–Crippen LogP) is 3.15. The number of rotatable bonds is 6. The topological polar surface area (TPSA) is 36.4 Å². The number of hydrogen-bond acceptors (Lipinski definition) is 1. The van der Waals surface area contributed by atoms with Crippen LogP contribution in [-0.2, 0) is 13.1 Å². The van der Waals surface area contributed by atoms with Crippen LogP contribution in [0.2, 0.25) is 0 Å². The maximum Gasteiger partial charge on any atom is 0.191 e. The number of nitrogens with zero attached hydrogens (tertiary/aromatic N) is 1. The van der Waals surface area contributed by atoms with Crippen LogP contribution in [0.3, 0.4) is 0 Å². The summed E-state index contributed by atoms with van der Waals surface area (Å²) in [6.07, 6.45) is 0.831. The summed E-state index contributed by atoms with van der Waals surface area (Å²) in [5, 5.41) is 6.64. The normalized spacial score (nSPS) is 11.2. The van der Waals surface area contributed by atoms with Gasteiger partial charge in [-0.3, -0.25) is 0 Å². The monoisotopic (exact) mass is 280 g/mol. The van der Waals surface area contributed by atoms with E-state index in [1.165, 1.54) is 11.1 Å². The molecule has 0 spiro atoms. The minimum absolute atomic E-state index is 0.669. The Bertz CT molecular complexity index is 535. The molecule has 0 fully saturated rings. The first-order valence-electron chi connectivity index (χ1n) is 7.28. The molecule has 2 N–H and O–H groups in total. The predicted molar refractivity (Wildman–Crippen MR) is 88.8 cm³/mol. The fraction of sp³-hybridized carbons (Fsp3) is 0.222. The van der Waals surface area contributed by atoms with Gasteiger partial charge in [-0.25, -0.2) is 4.99 Å². The Kier molecular flexibility index (Phi) is 6.33. The van der Waals surface area contributed by atoms with Gasteiger partial charge in [0.25, 0.3) is 0 Å². The molecular formula is C18H22N3. The number of aliphatic imine (C=N–C) groups is 1. The van der Waals surface area contributed by atoms with Gasteiger partial charge in [0.1, 0.15) is 0 Å². The van der Waals surface area contributed by atoms with E-state index in [2.05, 4.69) is 46.8 Å². The van der Waals surface area contributed by atoms with Crippen LogP contribution in [0.25, 0.3) is 0 Å². The molecule has 0 aliphatic carbocycles. The Morgan fingerprint density at radius 1 is 0.857 bits per heavy atom. The molecule has 3 heteroatoms. The average molecular weight is 280 g/mol. The molecule has 0 aliphatic rings. The highest BCUT2D eigenvalue weighted by Gasteiger charge is 1.98. The van der Waals surface area contributed by atoms with Crippen molar-refractivity contribution < 1.29 is 0 Å². The molecule has 3 nitrogen and oxygen atoms in total. The molecule has 0 saturated carbocycles. The van der Waals surface area contributed by atoms with Crippen LogP contribution in [0.5, 0.6) is 0 Å². The highest BCUT2D eigenvalue weighted by molar-refractivity contribution is 5.79. The van der Waals surface area contributed by atoms with Gasteiger partial charge in [-0.15, -0.1) is 0 Å². The van der Waals surface area contributed by atoms with E-state index in [0.717, 1.165) is 25.5 Å². The van der Waals surface area contributed by atoms with Gasteiger partial charge in [-0.05, 0) is 17.5 Å². The third-order valence-electron chi connectivity index (χ3n) is 3.03. The maximum atomic E-state index is 4.61. The van der Waals surface area contributed by atoms with Gasteiger partial charge in [0.15, 0.2) is 5.96 Å². The van der Waals surface area contributed by atoms with Crippen LogP contribution >= 0.6 is 0 Å². The van der Waals surface area contributed by atoms with E-state index < -0.39 is 0 Å². The van der Waals surface area contributed by atoms with Crippen molar-refractivity contribution in [1.82, 2.24) is 10.6 Å². The lowest BCUT2D eigenvalue weighted by atomic mass is 10.2. The molecule has 21 heavy (non-hydrogen) atoms. The van der Waals surface area contributed by atoms with E-state index in [1.807, 2.05) is 36.4 Å². The van der Waals surface area contributed by atoms with Crippen molar-refractivity contribution in [1.29, 1.82) is 0 Å². The number of guanidine groups is 1. The SMILES string of the molecule is [CH2]CCNC(=NCc1ccccc1)NCc1ccccc1. The smallest absolute Gasteiger partial charge is 0.191 e. The molecule has 0 atom stereocenters. The van der Waals surface area contributed by atoms with Gasteiger partial charge < -0.3 is 10.6 Å². The molecule has 0 heterocycles. The maximum absolute atomic E-state index is 4.61. The Morgan fingerprint density at radius 2 is 1.48 bits per heavy atom. The first-order valence-corrected chi connectivity index (χ1v) is 7.28. The third kappa shape index (κ3) is 5.69. The molecule has 109 valence electrons. The van der Waals surface area contributed by atoms with Crippen LogP contribution in [0.4, 0.5) is 0 Å². The van der Waals surface area contributed by atoms with Crippen molar-refractivity contribution in [2.75, 3.05) is 6.54 Å². The largest absolute Gasteiger partial charge is 0.356 e. The van der Waals surface area contributed by atoms with E-state index in [9.17, 15) is 0 Å². The van der Waals surface area contributed by atoms with Gasteiger partial charge in [0.2, 0.25) is 0 Å². The third-order valence-corrected chi connectivity index (χ3v) is 3.03. The molecule has 2 aromatic rings. The van der Waals surface area contributed by atoms with Crippen molar-refractivity contribution in [3.8, 4) is 0 Å². The molecule has 0 amide bonds. The highest BCUT2D eigenvalue weighted by atomic mass is 15.2. The zero-order chi connectivity index (χ0) is 14.8. The lowest BCUT2D eigenvalue weighted by molar-refractivity contribution is 0.792. The van der Waals surface area contributed by atoms with Gasteiger partial charge in [-0.1, -0.05) is 67.6 Å². The van der Waals surface area contributed by atoms with E-state index in [1.54, 1.807) is 0 Å². The lowest BCUT2D eigenvalue weighted by Crippen LogP contribution is -2.37. The van der Waals surface area contributed by atoms with Crippen LogP contribution in [-0.4, -0.2) is 12.5 Å². The summed E-state index contributed by atoms with van der Waals surface area (Å²) >= 11 is 0. The van der Waals surface area contributed by atoms with Crippen molar-refractivity contribution >= 4 is 5.96 Å². The van der Waals surface area contributed by atoms with E-state index in [-0.39, 0.29) is 0 Å². The van der Waals surface area contributed by atoms with Crippen molar-refractivity contribution in [3.05, 3.63) is 78.7 Å². The standard InChI is InChI=1S/C18H22N3/c1-2-13-19-18(20-14-16-9-5-3-6-10-16)21-15-17-11-7-4-8-12-17/h3-12H,1-2,13-15H2,(H2,19,20,21). The zero-order valence-electron chi connectivity index (χ0n) is 12.3. The second kappa shape index (κ2) is 8.80. The number of nitrogens with one attached hydrogen (secondary N) is 2. The minimum Gasteiger partial charge on any atom is -0.356 e. The summed E-state index contributed by atoms with van der Waals surface area (Å²) in [6, 6.07) is 20.6. The highest BCUT2D eigenvalue weighted by Crippen LogP contribution is 2.01. The fourth-order valence-corrected chi connectivity index (χ4v) is 1.92. The average Bonchev–Trinajstić information content (AvgIpc) is 2.56. The first kappa shape index (κ1) is 15.1. The molecule has 2 aromatic carbocycles. The van der Waals surface area contributed by atoms with Gasteiger partial charge in [0, 0.05) is 13.1 Å². The Labute approximate surface area is 127 Å². The van der Waals surface area contributed by atoms with Crippen molar-refractivity contribution in [2.45, 2.75) is 19.5 Å². The minimum atomic E-state index is 0.669. The summed E-state index contributed by atoms with van der Waals surface area (Å²) < 4.78 is 0. The second-order valence-electron chi connectivity index (χ2n) is 4.77. The molecule has 0 aliphatic heterocycles. The summed E-state index contributed by atoms with van der Waals surface area (Å²) in [4.78, 5) is 4.61. The Balaban J connectivity index is 1.93. The van der Waals surface area contributed by atoms with Crippen LogP contribution < -0.4 is 10.6 Å². The number of hydrogen-bond donors (Lipinski definition) is 2. The summed E-state index contributed by atoms with van der Waals surface area (Å²) in [6.45, 7) is 6.10. The van der Waals surface area contributed by atoms with Gasteiger partial charge in [-0.2, -0.15) is 0 Å². The van der Waals surface area contributed by atoms with E-state index in [0.29, 0.717) is 6.54 Å². The summed E-state index contributed by atoms with van der Waals surface area (Å²) in [5.74, 6) is 0.825. The van der Waals surface area contributed by atoms with E-state index >= 15 is 0 Å². The summed E-state index contributed by atoms with van der Waals surface area (Å²) in [5.41, 5.74) is 2.44. The fourth-order valence-electron chi connectivity index (χ4n) is 1.92. The Hall–Kier alpha value is -2.29. The van der Waals surface area contributed by atoms with Crippen molar-refractivity contribution in [2.24, 2.45) is 4.99 Å². The molecule has 0 aromatic heterocycles. The molecule has 0 saturated heterocycles. The molecule has 0 unspecified atom stereocenters. The zero-order valence-corrected chi connectivity index (χ0v) is 12.3. The number of benzene rings is 2. The van der Waals surface area contributed by atoms with Crippen LogP contribution in [0.1, 0.15) is 17.5 Å². The summed E-state index contributed by atoms with van der Waals surface area (Å²) in [7, 11) is 0. The van der Waals surface area contributed by atoms with Crippen molar-refractivity contribution in [3.63, 3.8) is 0 Å². The lowest BCUT2D eigenvalue weighted by Gasteiger charge is -2.12. The van der Waals surface area contributed by atoms with Gasteiger partial charge in [0.05, 0.1) is 6.54 Å². The van der Waals surface area contributed by atoms with Gasteiger partial charge >= 0.3 is 0 Å². The van der Waals surface area contributed by atoms with Crippen LogP contribution in [0, 0.1) is 6.92 Å². The molecule has 1 radical (unpaired) electrons. The molecule has 0 bridgehead atoms. The van der Waals surface area contributed by atoms with E-state index in [4.69, 9.17) is 0 Å². The molecular weight excluding hydrogens is 258 g/mol. The first-order chi connectivity index (χ1) is 10.4. The van der Waals surface area contributed by atoms with Crippen LogP contribution in [0.15, 0.2) is 65.7 Å². The quantitative estimate of drug-likeness (QED) is 0.630. The second-order valence-corrected chi connectivity index (χ2v) is 4.77. The molecule has 2 rings (SSSR count). The Morgan fingerprint density at radius 3 is 2.10 bits per heavy atom.